The first kappa shape index (κ1) is 26.6. The van der Waals surface area contributed by atoms with Gasteiger partial charge in [-0.25, -0.2) is 8.42 Å². The van der Waals surface area contributed by atoms with Crippen LogP contribution in [0.2, 0.25) is 10.0 Å². The molecule has 12 heteroatoms. The summed E-state index contributed by atoms with van der Waals surface area (Å²) in [5, 5.41) is 18.5. The van der Waals surface area contributed by atoms with Crippen molar-refractivity contribution in [2.75, 3.05) is 13.1 Å². The Bertz CT molecular complexity index is 1510. The Hall–Kier alpha value is -2.99. The molecular formula is C23H19Cl2N5O3S2. The van der Waals surface area contributed by atoms with Crippen LogP contribution in [-0.4, -0.2) is 36.3 Å². The number of sulfonamides is 1. The van der Waals surface area contributed by atoms with Gasteiger partial charge >= 0.3 is 0 Å². The van der Waals surface area contributed by atoms with Crippen LogP contribution in [0.15, 0.2) is 58.9 Å². The Balaban J connectivity index is 1.96. The number of carbonyl (C=O) groups is 1. The zero-order chi connectivity index (χ0) is 25.6. The fourth-order valence-corrected chi connectivity index (χ4v) is 6.55. The topological polar surface area (TPSA) is 119 Å². The summed E-state index contributed by atoms with van der Waals surface area (Å²) in [7, 11) is -3.94. The lowest BCUT2D eigenvalue weighted by molar-refractivity contribution is 0.0997. The number of hydrogen-bond donors (Lipinski definition) is 0. The summed E-state index contributed by atoms with van der Waals surface area (Å²) < 4.78 is 29.5. The number of nitrogens with zero attached hydrogens (tertiary/aromatic N) is 5. The molecule has 0 unspecified atom stereocenters. The number of nitriles is 2. The molecule has 35 heavy (non-hydrogen) atoms. The van der Waals surface area contributed by atoms with Crippen molar-refractivity contribution in [3.63, 3.8) is 0 Å². The number of amides is 1. The van der Waals surface area contributed by atoms with Gasteiger partial charge in [-0.1, -0.05) is 40.6 Å². The van der Waals surface area contributed by atoms with Crippen molar-refractivity contribution in [3.05, 3.63) is 69.5 Å². The second-order valence-corrected chi connectivity index (χ2v) is 11.0. The van der Waals surface area contributed by atoms with E-state index in [1.165, 1.54) is 35.6 Å². The Morgan fingerprint density at radius 3 is 2.34 bits per heavy atom. The first-order chi connectivity index (χ1) is 16.7. The first-order valence-corrected chi connectivity index (χ1v) is 13.3. The molecule has 0 N–H and O–H groups in total. The molecule has 1 amide bonds. The molecule has 180 valence electrons. The van der Waals surface area contributed by atoms with E-state index in [2.05, 4.69) is 11.6 Å². The molecule has 3 aromatic rings. The third kappa shape index (κ3) is 5.99. The van der Waals surface area contributed by atoms with Gasteiger partial charge < -0.3 is 4.57 Å². The van der Waals surface area contributed by atoms with E-state index >= 15 is 0 Å². The van der Waals surface area contributed by atoms with E-state index in [1.807, 2.05) is 12.1 Å². The molecule has 2 aromatic carbocycles. The third-order valence-corrected chi connectivity index (χ3v) is 8.33. The maximum atomic E-state index is 13.0. The summed E-state index contributed by atoms with van der Waals surface area (Å²) in [4.78, 5) is 17.5. The fourth-order valence-electron chi connectivity index (χ4n) is 3.28. The van der Waals surface area contributed by atoms with Crippen LogP contribution in [-0.2, 0) is 16.6 Å². The largest absolute Gasteiger partial charge is 0.311 e. The minimum absolute atomic E-state index is 0.00475. The molecular weight excluding hydrogens is 529 g/mol. The zero-order valence-corrected chi connectivity index (χ0v) is 21.5. The molecule has 0 fully saturated rings. The highest BCUT2D eigenvalue weighted by atomic mass is 35.5. The van der Waals surface area contributed by atoms with Crippen LogP contribution in [0.5, 0.6) is 0 Å². The van der Waals surface area contributed by atoms with Crippen LogP contribution < -0.4 is 4.80 Å². The van der Waals surface area contributed by atoms with Crippen LogP contribution in [0.25, 0.3) is 10.2 Å². The van der Waals surface area contributed by atoms with Crippen molar-refractivity contribution >= 4 is 60.7 Å². The number of thiazole rings is 1. The number of benzene rings is 2. The summed E-state index contributed by atoms with van der Waals surface area (Å²) in [5.41, 5.74) is 0.875. The Labute approximate surface area is 216 Å². The monoisotopic (exact) mass is 547 g/mol. The number of allylic oxidation sites excluding steroid dienone is 1. The molecule has 3 rings (SSSR count). The second-order valence-electron chi connectivity index (χ2n) is 7.18. The highest BCUT2D eigenvalue weighted by Crippen LogP contribution is 2.29. The third-order valence-electron chi connectivity index (χ3n) is 4.89. The van der Waals surface area contributed by atoms with E-state index in [-0.39, 0.29) is 36.4 Å². The zero-order valence-electron chi connectivity index (χ0n) is 18.3. The molecule has 0 saturated heterocycles. The van der Waals surface area contributed by atoms with Gasteiger partial charge in [-0.3, -0.25) is 4.79 Å². The van der Waals surface area contributed by atoms with Crippen molar-refractivity contribution in [3.8, 4) is 12.1 Å². The molecule has 0 spiro atoms. The lowest BCUT2D eigenvalue weighted by atomic mass is 10.2. The van der Waals surface area contributed by atoms with Crippen LogP contribution in [0.3, 0.4) is 0 Å². The lowest BCUT2D eigenvalue weighted by Gasteiger charge is -2.20. The Morgan fingerprint density at radius 2 is 1.77 bits per heavy atom. The Morgan fingerprint density at radius 1 is 1.14 bits per heavy atom. The predicted molar refractivity (Wildman–Crippen MR) is 136 cm³/mol. The van der Waals surface area contributed by atoms with Crippen molar-refractivity contribution in [2.45, 2.75) is 24.3 Å². The quantitative estimate of drug-likeness (QED) is 0.358. The average molecular weight is 548 g/mol. The van der Waals surface area contributed by atoms with Crippen LogP contribution in [0.1, 0.15) is 23.2 Å². The van der Waals surface area contributed by atoms with Gasteiger partial charge in [0.05, 0.1) is 32.3 Å². The summed E-state index contributed by atoms with van der Waals surface area (Å²) in [5.74, 6) is -0.564. The van der Waals surface area contributed by atoms with E-state index < -0.39 is 15.9 Å². The van der Waals surface area contributed by atoms with Crippen molar-refractivity contribution in [1.29, 1.82) is 10.5 Å². The molecule has 8 nitrogen and oxygen atoms in total. The maximum Gasteiger partial charge on any atom is 0.279 e. The number of fused-ring (bicyclic) bond motifs is 1. The lowest BCUT2D eigenvalue weighted by Crippen LogP contribution is -2.32. The molecule has 0 aliphatic heterocycles. The van der Waals surface area contributed by atoms with Gasteiger partial charge in [0.25, 0.3) is 5.91 Å². The van der Waals surface area contributed by atoms with Crippen LogP contribution >= 0.6 is 34.5 Å². The highest BCUT2D eigenvalue weighted by Gasteiger charge is 2.24. The smallest absolute Gasteiger partial charge is 0.279 e. The number of aromatic nitrogens is 1. The van der Waals surface area contributed by atoms with E-state index in [0.29, 0.717) is 26.9 Å². The van der Waals surface area contributed by atoms with E-state index in [9.17, 15) is 13.2 Å². The summed E-state index contributed by atoms with van der Waals surface area (Å²) in [6, 6.07) is 12.5. The second kappa shape index (κ2) is 11.6. The summed E-state index contributed by atoms with van der Waals surface area (Å²) in [6.07, 6.45) is 1.65. The van der Waals surface area contributed by atoms with Gasteiger partial charge in [-0.2, -0.15) is 19.8 Å². The van der Waals surface area contributed by atoms with E-state index in [0.717, 1.165) is 9.01 Å². The van der Waals surface area contributed by atoms with Gasteiger partial charge in [0, 0.05) is 43.1 Å². The van der Waals surface area contributed by atoms with Crippen molar-refractivity contribution < 1.29 is 13.2 Å². The van der Waals surface area contributed by atoms with Crippen molar-refractivity contribution in [1.82, 2.24) is 8.87 Å². The SMILES string of the molecule is C=CCn1c(=NC(=O)c2ccc(S(=O)(=O)N(CCC#N)CCC#N)cc2)sc2cc(Cl)cc(Cl)c21. The number of hydrogen-bond acceptors (Lipinski definition) is 6. The number of halogens is 2. The summed E-state index contributed by atoms with van der Waals surface area (Å²) in [6.45, 7) is 4.05. The fraction of sp³-hybridized carbons (Fsp3) is 0.217. The average Bonchev–Trinajstić information content (AvgIpc) is 3.16. The van der Waals surface area contributed by atoms with Gasteiger partial charge in [-0.15, -0.1) is 6.58 Å². The predicted octanol–water partition coefficient (Wildman–Crippen LogP) is 4.75. The maximum absolute atomic E-state index is 13.0. The first-order valence-electron chi connectivity index (χ1n) is 10.3. The molecule has 0 aliphatic carbocycles. The molecule has 1 heterocycles. The van der Waals surface area contributed by atoms with Crippen LogP contribution in [0, 0.1) is 22.7 Å². The minimum atomic E-state index is -3.94. The Kier molecular flexibility index (Phi) is 8.84. The molecule has 0 radical (unpaired) electrons. The number of carbonyl (C=O) groups excluding carboxylic acids is 1. The van der Waals surface area contributed by atoms with Crippen LogP contribution in [0.4, 0.5) is 0 Å². The highest BCUT2D eigenvalue weighted by molar-refractivity contribution is 7.89. The molecule has 0 bridgehead atoms. The van der Waals surface area contributed by atoms with Gasteiger partial charge in [0.1, 0.15) is 0 Å². The standard InChI is InChI=1S/C23H19Cl2N5O3S2/c1-2-11-30-21-19(25)14-17(24)15-20(21)34-23(30)28-22(31)16-5-7-18(8-6-16)35(32,33)29(12-3-9-26)13-4-10-27/h2,5-8,14-15H,1,3-4,11-13H2. The molecule has 0 atom stereocenters. The van der Waals surface area contributed by atoms with Gasteiger partial charge in [0.15, 0.2) is 4.80 Å². The normalized spacial score (nSPS) is 12.0. The van der Waals surface area contributed by atoms with Gasteiger partial charge in [0.2, 0.25) is 10.0 Å². The molecule has 0 saturated carbocycles. The number of rotatable bonds is 9. The van der Waals surface area contributed by atoms with Gasteiger partial charge in [-0.05, 0) is 36.4 Å². The summed E-state index contributed by atoms with van der Waals surface area (Å²) >= 11 is 13.7. The van der Waals surface area contributed by atoms with E-state index in [1.54, 1.807) is 22.8 Å². The minimum Gasteiger partial charge on any atom is -0.311 e. The molecule has 0 aliphatic rings. The van der Waals surface area contributed by atoms with E-state index in [4.69, 9.17) is 33.7 Å². The molecule has 1 aromatic heterocycles. The van der Waals surface area contributed by atoms with Crippen molar-refractivity contribution in [2.24, 2.45) is 4.99 Å².